The van der Waals surface area contributed by atoms with Gasteiger partial charge in [0.25, 0.3) is 0 Å². The number of piperidine rings is 1. The number of ether oxygens (including phenoxy) is 1. The lowest BCUT2D eigenvalue weighted by Crippen LogP contribution is -2.46. The molecule has 0 spiro atoms. The van der Waals surface area contributed by atoms with E-state index in [4.69, 9.17) is 0 Å². The largest absolute Gasteiger partial charge is 0.467 e. The number of urea groups is 1. The number of benzene rings is 2. The van der Waals surface area contributed by atoms with Crippen LogP contribution in [0.1, 0.15) is 24.4 Å². The third-order valence-electron chi connectivity index (χ3n) is 5.17. The van der Waals surface area contributed by atoms with E-state index in [1.54, 1.807) is 17.0 Å². The molecule has 7 nitrogen and oxygen atoms in total. The fraction of sp³-hybridized carbons (Fsp3) is 0.318. The molecule has 2 aromatic rings. The lowest BCUT2D eigenvalue weighted by Gasteiger charge is -2.32. The van der Waals surface area contributed by atoms with Crippen LogP contribution < -0.4 is 10.6 Å². The van der Waals surface area contributed by atoms with E-state index in [0.717, 1.165) is 25.3 Å². The molecule has 3 amide bonds. The van der Waals surface area contributed by atoms with E-state index in [9.17, 15) is 23.2 Å². The van der Waals surface area contributed by atoms with Crippen molar-refractivity contribution in [1.29, 1.82) is 0 Å². The fourth-order valence-corrected chi connectivity index (χ4v) is 3.45. The summed E-state index contributed by atoms with van der Waals surface area (Å²) in [5.41, 5.74) is 0.366. The van der Waals surface area contributed by atoms with Crippen molar-refractivity contribution >= 4 is 23.6 Å². The molecule has 0 aromatic heterocycles. The summed E-state index contributed by atoms with van der Waals surface area (Å²) >= 11 is 0. The number of anilines is 1. The first-order valence-electron chi connectivity index (χ1n) is 9.83. The molecule has 31 heavy (non-hydrogen) atoms. The van der Waals surface area contributed by atoms with E-state index >= 15 is 0 Å². The van der Waals surface area contributed by atoms with Crippen molar-refractivity contribution in [2.24, 2.45) is 5.92 Å². The second-order valence-electron chi connectivity index (χ2n) is 7.19. The first kappa shape index (κ1) is 22.2. The minimum Gasteiger partial charge on any atom is -0.467 e. The van der Waals surface area contributed by atoms with Crippen LogP contribution in [-0.4, -0.2) is 43.0 Å². The maximum atomic E-state index is 14.2. The first-order chi connectivity index (χ1) is 14.9. The Morgan fingerprint density at radius 1 is 1.06 bits per heavy atom. The standard InChI is InChI=1S/C22H23F2N3O4/c1-31-21(29)19(17-13-15(23)7-8-18(17)24)26-20(28)14-9-11-27(12-10-14)22(30)25-16-5-3-2-4-6-16/h2-8,13-14,19H,9-12H2,1H3,(H,25,30)(H,26,28)/t19-/m1/s1. The van der Waals surface area contributed by atoms with Crippen LogP contribution in [0, 0.1) is 17.6 Å². The van der Waals surface area contributed by atoms with Crippen molar-refractivity contribution in [2.45, 2.75) is 18.9 Å². The molecule has 3 rings (SSSR count). The highest BCUT2D eigenvalue weighted by Crippen LogP contribution is 2.23. The Labute approximate surface area is 178 Å². The Morgan fingerprint density at radius 3 is 2.39 bits per heavy atom. The summed E-state index contributed by atoms with van der Waals surface area (Å²) in [6.45, 7) is 0.682. The van der Waals surface area contributed by atoms with Crippen molar-refractivity contribution in [3.63, 3.8) is 0 Å². The van der Waals surface area contributed by atoms with Gasteiger partial charge in [0, 0.05) is 30.3 Å². The fourth-order valence-electron chi connectivity index (χ4n) is 3.45. The highest BCUT2D eigenvalue weighted by Gasteiger charge is 2.32. The molecule has 1 heterocycles. The van der Waals surface area contributed by atoms with E-state index in [1.165, 1.54) is 0 Å². The van der Waals surface area contributed by atoms with Gasteiger partial charge in [-0.15, -0.1) is 0 Å². The molecule has 1 atom stereocenters. The number of para-hydroxylation sites is 1. The van der Waals surface area contributed by atoms with E-state index in [-0.39, 0.29) is 11.6 Å². The summed E-state index contributed by atoms with van der Waals surface area (Å²) < 4.78 is 32.4. The van der Waals surface area contributed by atoms with Crippen molar-refractivity contribution in [1.82, 2.24) is 10.2 Å². The van der Waals surface area contributed by atoms with Crippen LogP contribution in [-0.2, 0) is 14.3 Å². The van der Waals surface area contributed by atoms with E-state index < -0.39 is 35.5 Å². The van der Waals surface area contributed by atoms with Gasteiger partial charge in [0.15, 0.2) is 6.04 Å². The average molecular weight is 431 g/mol. The number of likely N-dealkylation sites (tertiary alicyclic amines) is 1. The molecular weight excluding hydrogens is 408 g/mol. The number of methoxy groups -OCH3 is 1. The number of hydrogen-bond acceptors (Lipinski definition) is 4. The maximum Gasteiger partial charge on any atom is 0.333 e. The van der Waals surface area contributed by atoms with Gasteiger partial charge in [-0.25, -0.2) is 18.4 Å². The number of halogens is 2. The number of carbonyl (C=O) groups excluding carboxylic acids is 3. The molecule has 1 aliphatic rings. The number of carbonyl (C=O) groups is 3. The Bertz CT molecular complexity index is 947. The smallest absolute Gasteiger partial charge is 0.333 e. The number of rotatable bonds is 5. The van der Waals surface area contributed by atoms with Crippen LogP contribution in [0.3, 0.4) is 0 Å². The second-order valence-corrected chi connectivity index (χ2v) is 7.19. The monoisotopic (exact) mass is 431 g/mol. The Kier molecular flexibility index (Phi) is 7.17. The third-order valence-corrected chi connectivity index (χ3v) is 5.17. The Hall–Kier alpha value is -3.49. The lowest BCUT2D eigenvalue weighted by molar-refractivity contribution is -0.146. The van der Waals surface area contributed by atoms with Crippen LogP contribution in [0.4, 0.5) is 19.3 Å². The predicted molar refractivity (Wildman–Crippen MR) is 109 cm³/mol. The van der Waals surface area contributed by atoms with Gasteiger partial charge in [-0.05, 0) is 43.2 Å². The van der Waals surface area contributed by atoms with Crippen molar-refractivity contribution in [3.05, 3.63) is 65.7 Å². The number of hydrogen-bond donors (Lipinski definition) is 2. The average Bonchev–Trinajstić information content (AvgIpc) is 2.79. The van der Waals surface area contributed by atoms with E-state index in [1.807, 2.05) is 18.2 Å². The van der Waals surface area contributed by atoms with Gasteiger partial charge in [0.05, 0.1) is 7.11 Å². The zero-order valence-electron chi connectivity index (χ0n) is 16.9. The zero-order valence-corrected chi connectivity index (χ0v) is 16.9. The second kappa shape index (κ2) is 10.0. The predicted octanol–water partition coefficient (Wildman–Crippen LogP) is 3.24. The number of nitrogens with one attached hydrogen (secondary N) is 2. The molecule has 2 N–H and O–H groups in total. The molecule has 0 saturated carbocycles. The molecule has 1 fully saturated rings. The van der Waals surface area contributed by atoms with E-state index in [0.29, 0.717) is 31.6 Å². The molecule has 164 valence electrons. The van der Waals surface area contributed by atoms with Gasteiger partial charge >= 0.3 is 12.0 Å². The Balaban J connectivity index is 1.60. The molecular formula is C22H23F2N3O4. The van der Waals surface area contributed by atoms with Crippen LogP contribution in [0.25, 0.3) is 0 Å². The maximum absolute atomic E-state index is 14.2. The molecule has 1 aliphatic heterocycles. The number of esters is 1. The molecule has 0 radical (unpaired) electrons. The van der Waals surface area contributed by atoms with Crippen LogP contribution in [0.2, 0.25) is 0 Å². The highest BCUT2D eigenvalue weighted by molar-refractivity contribution is 5.90. The lowest BCUT2D eigenvalue weighted by atomic mass is 9.95. The quantitative estimate of drug-likeness (QED) is 0.712. The van der Waals surface area contributed by atoms with Crippen molar-refractivity contribution < 1.29 is 27.9 Å². The van der Waals surface area contributed by atoms with Gasteiger partial charge in [-0.2, -0.15) is 0 Å². The van der Waals surface area contributed by atoms with Crippen LogP contribution >= 0.6 is 0 Å². The van der Waals surface area contributed by atoms with E-state index in [2.05, 4.69) is 15.4 Å². The Morgan fingerprint density at radius 2 is 1.74 bits per heavy atom. The first-order valence-corrected chi connectivity index (χ1v) is 9.83. The summed E-state index contributed by atoms with van der Waals surface area (Å²) in [5, 5.41) is 5.26. The molecule has 0 aliphatic carbocycles. The SMILES string of the molecule is COC(=O)[C@H](NC(=O)C1CCN(C(=O)Nc2ccccc2)CC1)c1cc(F)ccc1F. The summed E-state index contributed by atoms with van der Waals surface area (Å²) in [6.07, 6.45) is 0.737. The van der Waals surface area contributed by atoms with Gasteiger partial charge in [-0.3, -0.25) is 4.79 Å². The summed E-state index contributed by atoms with van der Waals surface area (Å²) in [6, 6.07) is 9.95. The normalized spacial score (nSPS) is 15.1. The molecule has 1 saturated heterocycles. The van der Waals surface area contributed by atoms with Crippen LogP contribution in [0.5, 0.6) is 0 Å². The van der Waals surface area contributed by atoms with Gasteiger partial charge in [0.1, 0.15) is 11.6 Å². The minimum atomic E-state index is -1.47. The van der Waals surface area contributed by atoms with Gasteiger partial charge < -0.3 is 20.3 Å². The van der Waals surface area contributed by atoms with Gasteiger partial charge in [0.2, 0.25) is 5.91 Å². The molecule has 2 aromatic carbocycles. The summed E-state index contributed by atoms with van der Waals surface area (Å²) in [7, 11) is 1.10. The third kappa shape index (κ3) is 5.56. The molecule has 0 unspecified atom stereocenters. The number of amides is 3. The minimum absolute atomic E-state index is 0.265. The molecule has 9 heteroatoms. The van der Waals surface area contributed by atoms with Gasteiger partial charge in [-0.1, -0.05) is 18.2 Å². The summed E-state index contributed by atoms with van der Waals surface area (Å²) in [5.74, 6) is -3.44. The molecule has 0 bridgehead atoms. The van der Waals surface area contributed by atoms with Crippen molar-refractivity contribution in [3.8, 4) is 0 Å². The number of nitrogens with zero attached hydrogens (tertiary/aromatic N) is 1. The zero-order chi connectivity index (χ0) is 22.4. The van der Waals surface area contributed by atoms with Crippen molar-refractivity contribution in [2.75, 3.05) is 25.5 Å². The highest BCUT2D eigenvalue weighted by atomic mass is 19.1. The topological polar surface area (TPSA) is 87.7 Å². The van der Waals surface area contributed by atoms with Crippen LogP contribution in [0.15, 0.2) is 48.5 Å². The summed E-state index contributed by atoms with van der Waals surface area (Å²) in [4.78, 5) is 38.8.